The van der Waals surface area contributed by atoms with E-state index in [2.05, 4.69) is 26.8 Å². The normalized spacial score (nSPS) is 20.8. The van der Waals surface area contributed by atoms with Crippen molar-refractivity contribution in [3.8, 4) is 11.5 Å². The van der Waals surface area contributed by atoms with Gasteiger partial charge in [-0.1, -0.05) is 59.5 Å². The lowest BCUT2D eigenvalue weighted by Gasteiger charge is -2.34. The summed E-state index contributed by atoms with van der Waals surface area (Å²) in [5.41, 5.74) is 6.01. The van der Waals surface area contributed by atoms with Gasteiger partial charge in [0, 0.05) is 36.0 Å². The summed E-state index contributed by atoms with van der Waals surface area (Å²) in [7, 11) is 1.60. The molecule has 10 heteroatoms. The molecule has 5 rings (SSSR count). The van der Waals surface area contributed by atoms with E-state index >= 15 is 0 Å². The number of benzene rings is 3. The SMILES string of the molecule is COc1cccc([C@@H]2OC(c3ccc(OCCCO)cc3)=N[C@]2(Cc2ccc(Br)cc2)C(=O)NNCC2(O)CCCCC2)c1. The van der Waals surface area contributed by atoms with Crippen LogP contribution in [0.25, 0.3) is 0 Å². The van der Waals surface area contributed by atoms with Gasteiger partial charge in [-0.25, -0.2) is 10.4 Å². The summed E-state index contributed by atoms with van der Waals surface area (Å²) in [6.45, 7) is 0.709. The van der Waals surface area contributed by atoms with Gasteiger partial charge >= 0.3 is 0 Å². The molecule has 0 radical (unpaired) electrons. The number of aliphatic hydroxyl groups excluding tert-OH is 1. The second-order valence-electron chi connectivity index (χ2n) is 11.5. The molecule has 1 aliphatic carbocycles. The van der Waals surface area contributed by atoms with Crippen molar-refractivity contribution in [1.82, 2.24) is 10.9 Å². The van der Waals surface area contributed by atoms with Gasteiger partial charge in [-0.05, 0) is 72.5 Å². The summed E-state index contributed by atoms with van der Waals surface area (Å²) in [5.74, 6) is 1.26. The third kappa shape index (κ3) is 7.61. The van der Waals surface area contributed by atoms with Gasteiger partial charge in [-0.2, -0.15) is 0 Å². The summed E-state index contributed by atoms with van der Waals surface area (Å²) >= 11 is 3.51. The lowest BCUT2D eigenvalue weighted by molar-refractivity contribution is -0.130. The standard InChI is InChI=1S/C34H40BrN3O6/c1-42-29-8-5-7-26(21-29)30-34(22-24-9-13-27(35)14-10-24,32(40)38-36-23-33(41)17-3-2-4-18-33)37-31(44-30)25-11-15-28(16-12-25)43-20-6-19-39/h5,7-16,21,30,36,39,41H,2-4,6,17-20,22-23H2,1H3,(H,38,40)/t30-,34-/m0/s1. The molecular formula is C34H40BrN3O6. The number of hydrogen-bond acceptors (Lipinski definition) is 8. The summed E-state index contributed by atoms with van der Waals surface area (Å²) in [4.78, 5) is 19.4. The molecule has 0 unspecified atom stereocenters. The fourth-order valence-electron chi connectivity index (χ4n) is 5.78. The first kappa shape index (κ1) is 32.0. The Kier molecular flexibility index (Phi) is 10.6. The second-order valence-corrected chi connectivity index (χ2v) is 12.4. The number of carbonyl (C=O) groups excluding carboxylic acids is 1. The quantitative estimate of drug-likeness (QED) is 0.149. The lowest BCUT2D eigenvalue weighted by atomic mass is 9.82. The van der Waals surface area contributed by atoms with Crippen molar-refractivity contribution < 1.29 is 29.2 Å². The van der Waals surface area contributed by atoms with Crippen molar-refractivity contribution >= 4 is 27.7 Å². The molecule has 234 valence electrons. The Balaban J connectivity index is 1.51. The molecule has 0 bridgehead atoms. The van der Waals surface area contributed by atoms with Crippen LogP contribution >= 0.6 is 15.9 Å². The number of aliphatic hydroxyl groups is 2. The molecular weight excluding hydrogens is 626 g/mol. The maximum absolute atomic E-state index is 14.4. The van der Waals surface area contributed by atoms with Gasteiger partial charge in [-0.15, -0.1) is 0 Å². The highest BCUT2D eigenvalue weighted by Crippen LogP contribution is 2.43. The van der Waals surface area contributed by atoms with Crippen LogP contribution in [0.5, 0.6) is 11.5 Å². The van der Waals surface area contributed by atoms with Crippen LogP contribution in [0.4, 0.5) is 0 Å². The van der Waals surface area contributed by atoms with Crippen LogP contribution in [-0.4, -0.2) is 60.0 Å². The van der Waals surface area contributed by atoms with Gasteiger partial charge in [0.1, 0.15) is 11.5 Å². The van der Waals surface area contributed by atoms with E-state index in [1.54, 1.807) is 7.11 Å². The van der Waals surface area contributed by atoms with Gasteiger partial charge in [0.25, 0.3) is 5.91 Å². The molecule has 9 nitrogen and oxygen atoms in total. The number of carbonyl (C=O) groups is 1. The van der Waals surface area contributed by atoms with Crippen molar-refractivity contribution in [2.75, 3.05) is 26.9 Å². The van der Waals surface area contributed by atoms with E-state index in [-0.39, 0.29) is 25.5 Å². The Bertz CT molecular complexity index is 1430. The van der Waals surface area contributed by atoms with E-state index in [4.69, 9.17) is 24.3 Å². The monoisotopic (exact) mass is 665 g/mol. The van der Waals surface area contributed by atoms with Crippen LogP contribution in [0.15, 0.2) is 82.3 Å². The van der Waals surface area contributed by atoms with Crippen LogP contribution in [0.1, 0.15) is 61.3 Å². The summed E-state index contributed by atoms with van der Waals surface area (Å²) in [5, 5.41) is 20.1. The van der Waals surface area contributed by atoms with Crippen LogP contribution in [0, 0.1) is 0 Å². The van der Waals surface area contributed by atoms with Crippen molar-refractivity contribution in [2.24, 2.45) is 4.99 Å². The van der Waals surface area contributed by atoms with E-state index < -0.39 is 17.2 Å². The third-order valence-electron chi connectivity index (χ3n) is 8.22. The first-order valence-corrected chi connectivity index (χ1v) is 15.9. The van der Waals surface area contributed by atoms with E-state index in [0.717, 1.165) is 34.9 Å². The fraction of sp³-hybridized carbons (Fsp3) is 0.412. The molecule has 1 amide bonds. The van der Waals surface area contributed by atoms with E-state index in [1.807, 2.05) is 72.8 Å². The molecule has 1 aliphatic heterocycles. The molecule has 1 heterocycles. The minimum atomic E-state index is -1.39. The first-order valence-electron chi connectivity index (χ1n) is 15.1. The second kappa shape index (κ2) is 14.6. The van der Waals surface area contributed by atoms with Crippen molar-refractivity contribution in [3.63, 3.8) is 0 Å². The smallest absolute Gasteiger partial charge is 0.266 e. The zero-order chi connectivity index (χ0) is 31.0. The first-order chi connectivity index (χ1) is 21.3. The molecule has 2 aliphatic rings. The van der Waals surface area contributed by atoms with Crippen LogP contribution < -0.4 is 20.3 Å². The average Bonchev–Trinajstić information content (AvgIpc) is 3.43. The minimum Gasteiger partial charge on any atom is -0.497 e. The highest BCUT2D eigenvalue weighted by molar-refractivity contribution is 9.10. The van der Waals surface area contributed by atoms with Gasteiger partial charge in [-0.3, -0.25) is 10.2 Å². The number of hydrazine groups is 1. The molecule has 1 fully saturated rings. The largest absolute Gasteiger partial charge is 0.497 e. The van der Waals surface area contributed by atoms with E-state index in [1.165, 1.54) is 0 Å². The number of ether oxygens (including phenoxy) is 3. The number of nitrogens with zero attached hydrogens (tertiary/aromatic N) is 1. The van der Waals surface area contributed by atoms with Gasteiger partial charge in [0.2, 0.25) is 5.90 Å². The molecule has 3 aromatic carbocycles. The number of halogens is 1. The average molecular weight is 667 g/mol. The number of methoxy groups -OCH3 is 1. The molecule has 0 aromatic heterocycles. The molecule has 4 N–H and O–H groups in total. The number of rotatable bonds is 13. The molecule has 2 atom stereocenters. The van der Waals surface area contributed by atoms with Crippen molar-refractivity contribution in [1.29, 1.82) is 0 Å². The van der Waals surface area contributed by atoms with Gasteiger partial charge in [0.05, 0.1) is 19.3 Å². The Morgan fingerprint density at radius 2 is 1.80 bits per heavy atom. The molecule has 1 saturated carbocycles. The molecule has 44 heavy (non-hydrogen) atoms. The number of amides is 1. The van der Waals surface area contributed by atoms with E-state index in [0.29, 0.717) is 48.8 Å². The highest BCUT2D eigenvalue weighted by atomic mass is 79.9. The highest BCUT2D eigenvalue weighted by Gasteiger charge is 2.53. The van der Waals surface area contributed by atoms with Gasteiger partial charge < -0.3 is 24.4 Å². The number of nitrogens with one attached hydrogen (secondary N) is 2. The van der Waals surface area contributed by atoms with Gasteiger partial charge in [0.15, 0.2) is 11.6 Å². The predicted octanol–water partition coefficient (Wildman–Crippen LogP) is 5.03. The minimum absolute atomic E-state index is 0.0606. The Hall–Kier alpha value is -3.44. The van der Waals surface area contributed by atoms with Crippen LogP contribution in [0.2, 0.25) is 0 Å². The number of hydrogen-bond donors (Lipinski definition) is 4. The Morgan fingerprint density at radius 1 is 1.05 bits per heavy atom. The molecule has 0 spiro atoms. The maximum atomic E-state index is 14.4. The lowest BCUT2D eigenvalue weighted by Crippen LogP contribution is -2.56. The topological polar surface area (TPSA) is 122 Å². The van der Waals surface area contributed by atoms with Crippen molar-refractivity contribution in [2.45, 2.75) is 62.2 Å². The fourth-order valence-corrected chi connectivity index (χ4v) is 6.05. The maximum Gasteiger partial charge on any atom is 0.266 e. The van der Waals surface area contributed by atoms with Crippen molar-refractivity contribution in [3.05, 3.63) is 94.0 Å². The third-order valence-corrected chi connectivity index (χ3v) is 8.75. The molecule has 0 saturated heterocycles. The summed E-state index contributed by atoms with van der Waals surface area (Å²) in [6.07, 6.45) is 4.43. The number of aliphatic imine (C=N–C) groups is 1. The summed E-state index contributed by atoms with van der Waals surface area (Å²) in [6, 6.07) is 22.6. The Morgan fingerprint density at radius 3 is 2.50 bits per heavy atom. The Labute approximate surface area is 266 Å². The van der Waals surface area contributed by atoms with Crippen LogP contribution in [0.3, 0.4) is 0 Å². The predicted molar refractivity (Wildman–Crippen MR) is 172 cm³/mol. The zero-order valence-corrected chi connectivity index (χ0v) is 26.5. The van der Waals surface area contributed by atoms with Crippen LogP contribution in [-0.2, 0) is 16.0 Å². The molecule has 3 aromatic rings. The van der Waals surface area contributed by atoms with E-state index in [9.17, 15) is 9.90 Å². The zero-order valence-electron chi connectivity index (χ0n) is 24.9. The summed E-state index contributed by atoms with van der Waals surface area (Å²) < 4.78 is 18.7.